The van der Waals surface area contributed by atoms with Crippen molar-refractivity contribution in [3.8, 4) is 0 Å². The summed E-state index contributed by atoms with van der Waals surface area (Å²) in [7, 11) is 0. The first-order valence-electron chi connectivity index (χ1n) is 8.07. The molecule has 0 fully saturated rings. The number of fused-ring (bicyclic) bond motifs is 1. The quantitative estimate of drug-likeness (QED) is 0.847. The van der Waals surface area contributed by atoms with Crippen LogP contribution in [0.2, 0.25) is 10.0 Å². The number of rotatable bonds is 4. The van der Waals surface area contributed by atoms with Crippen molar-refractivity contribution in [3.63, 3.8) is 0 Å². The van der Waals surface area contributed by atoms with Crippen LogP contribution in [-0.4, -0.2) is 15.9 Å². The lowest BCUT2D eigenvalue weighted by Gasteiger charge is -2.27. The second kappa shape index (κ2) is 7.22. The van der Waals surface area contributed by atoms with Gasteiger partial charge in [0.1, 0.15) is 5.78 Å². The normalized spacial score (nSPS) is 19.8. The summed E-state index contributed by atoms with van der Waals surface area (Å²) in [5.41, 5.74) is 3.47. The summed E-state index contributed by atoms with van der Waals surface area (Å²) in [5.74, 6) is -0.0231. The van der Waals surface area contributed by atoms with Gasteiger partial charge in [0.2, 0.25) is 0 Å². The van der Waals surface area contributed by atoms with Crippen molar-refractivity contribution in [2.75, 3.05) is 0 Å². The van der Waals surface area contributed by atoms with Crippen LogP contribution < -0.4 is 0 Å². The highest BCUT2D eigenvalue weighted by Gasteiger charge is 2.31. The summed E-state index contributed by atoms with van der Waals surface area (Å²) in [4.78, 5) is 17.0. The van der Waals surface area contributed by atoms with Crippen LogP contribution in [0.1, 0.15) is 53.7 Å². The Labute approximate surface area is 151 Å². The van der Waals surface area contributed by atoms with E-state index in [1.54, 1.807) is 12.3 Å². The predicted molar refractivity (Wildman–Crippen MR) is 95.7 cm³/mol. The number of aryl methyl sites for hydroxylation is 1. The fourth-order valence-electron chi connectivity index (χ4n) is 3.43. The molecular formula is C19H19Cl2NO2. The van der Waals surface area contributed by atoms with Gasteiger partial charge in [0.25, 0.3) is 0 Å². The number of carbonyl (C=O) groups is 1. The number of pyridine rings is 1. The monoisotopic (exact) mass is 363 g/mol. The van der Waals surface area contributed by atoms with Crippen LogP contribution in [0.25, 0.3) is 0 Å². The molecule has 1 N–H and O–H groups in total. The molecule has 0 saturated heterocycles. The first-order chi connectivity index (χ1) is 11.5. The van der Waals surface area contributed by atoms with E-state index in [0.29, 0.717) is 41.4 Å². The second-order valence-electron chi connectivity index (χ2n) is 6.27. The third-order valence-corrected chi connectivity index (χ3v) is 5.24. The van der Waals surface area contributed by atoms with E-state index in [2.05, 4.69) is 4.98 Å². The molecule has 1 aliphatic carbocycles. The molecular weight excluding hydrogens is 345 g/mol. The summed E-state index contributed by atoms with van der Waals surface area (Å²) in [6.07, 6.45) is 3.32. The van der Waals surface area contributed by atoms with Gasteiger partial charge in [-0.15, -0.1) is 0 Å². The van der Waals surface area contributed by atoms with Crippen molar-refractivity contribution in [3.05, 3.63) is 62.9 Å². The van der Waals surface area contributed by atoms with Crippen molar-refractivity contribution >= 4 is 29.0 Å². The Morgan fingerprint density at radius 3 is 2.88 bits per heavy atom. The average molecular weight is 364 g/mol. The number of nitrogens with zero attached hydrogens (tertiary/aromatic N) is 1. The number of aliphatic hydroxyl groups excluding tert-OH is 1. The third-order valence-electron chi connectivity index (χ3n) is 4.68. The summed E-state index contributed by atoms with van der Waals surface area (Å²) in [6.45, 7) is 1.95. The average Bonchev–Trinajstić information content (AvgIpc) is 2.54. The Kier molecular flexibility index (Phi) is 5.24. The van der Waals surface area contributed by atoms with Crippen LogP contribution in [0.4, 0.5) is 0 Å². The Bertz CT molecular complexity index is 753. The van der Waals surface area contributed by atoms with Gasteiger partial charge in [-0.05, 0) is 61.1 Å². The van der Waals surface area contributed by atoms with E-state index in [-0.39, 0.29) is 11.7 Å². The van der Waals surface area contributed by atoms with Crippen molar-refractivity contribution in [1.29, 1.82) is 0 Å². The topological polar surface area (TPSA) is 50.2 Å². The number of benzene rings is 1. The number of halogens is 2. The molecule has 1 aromatic heterocycles. The van der Waals surface area contributed by atoms with Gasteiger partial charge in [-0.1, -0.05) is 29.3 Å². The van der Waals surface area contributed by atoms with E-state index in [0.717, 1.165) is 16.7 Å². The first-order valence-corrected chi connectivity index (χ1v) is 8.83. The van der Waals surface area contributed by atoms with Crippen LogP contribution in [-0.2, 0) is 11.2 Å². The van der Waals surface area contributed by atoms with Crippen molar-refractivity contribution in [1.82, 2.24) is 4.98 Å². The molecule has 5 heteroatoms. The van der Waals surface area contributed by atoms with Crippen LogP contribution in [0.3, 0.4) is 0 Å². The zero-order valence-electron chi connectivity index (χ0n) is 13.4. The molecule has 126 valence electrons. The van der Waals surface area contributed by atoms with Crippen LogP contribution in [0.5, 0.6) is 0 Å². The zero-order valence-corrected chi connectivity index (χ0v) is 14.9. The van der Waals surface area contributed by atoms with Gasteiger partial charge in [0.15, 0.2) is 0 Å². The van der Waals surface area contributed by atoms with E-state index in [1.165, 1.54) is 0 Å². The van der Waals surface area contributed by atoms with Gasteiger partial charge < -0.3 is 5.11 Å². The van der Waals surface area contributed by atoms with Crippen molar-refractivity contribution in [2.24, 2.45) is 0 Å². The number of aromatic nitrogens is 1. The summed E-state index contributed by atoms with van der Waals surface area (Å²) in [5, 5.41) is 11.3. The molecule has 0 saturated carbocycles. The van der Waals surface area contributed by atoms with Gasteiger partial charge in [0, 0.05) is 28.6 Å². The van der Waals surface area contributed by atoms with Gasteiger partial charge in [-0.25, -0.2) is 0 Å². The molecule has 2 aromatic rings. The van der Waals surface area contributed by atoms with Crippen LogP contribution in [0, 0.1) is 6.92 Å². The van der Waals surface area contributed by atoms with E-state index < -0.39 is 6.10 Å². The molecule has 0 bridgehead atoms. The van der Waals surface area contributed by atoms with E-state index in [9.17, 15) is 9.90 Å². The third kappa shape index (κ3) is 3.49. The molecule has 0 radical (unpaired) electrons. The van der Waals surface area contributed by atoms with Crippen LogP contribution in [0.15, 0.2) is 30.5 Å². The maximum atomic E-state index is 12.8. The highest BCUT2D eigenvalue weighted by Crippen LogP contribution is 2.37. The van der Waals surface area contributed by atoms with Gasteiger partial charge in [-0.3, -0.25) is 9.78 Å². The van der Waals surface area contributed by atoms with Crippen molar-refractivity contribution in [2.45, 2.75) is 44.6 Å². The maximum Gasteiger partial charge on any atom is 0.140 e. The zero-order chi connectivity index (χ0) is 17.3. The number of aliphatic hydroxyl groups is 1. The number of hydrogen-bond donors (Lipinski definition) is 1. The molecule has 0 spiro atoms. The number of ketones is 1. The maximum absolute atomic E-state index is 12.8. The largest absolute Gasteiger partial charge is 0.387 e. The van der Waals surface area contributed by atoms with Crippen molar-refractivity contribution < 1.29 is 9.90 Å². The molecule has 3 nitrogen and oxygen atoms in total. The second-order valence-corrected chi connectivity index (χ2v) is 7.12. The molecule has 1 heterocycles. The van der Waals surface area contributed by atoms with E-state index >= 15 is 0 Å². The number of hydrogen-bond acceptors (Lipinski definition) is 3. The first kappa shape index (κ1) is 17.4. The Morgan fingerprint density at radius 2 is 2.12 bits per heavy atom. The SMILES string of the molecule is Cc1cc(Cl)cc(Cl)c1CCC(=O)C1CCC(O)c2ncccc21. The van der Waals surface area contributed by atoms with Gasteiger partial charge >= 0.3 is 0 Å². The van der Waals surface area contributed by atoms with E-state index in [1.807, 2.05) is 25.1 Å². The number of carbonyl (C=O) groups excluding carboxylic acids is 1. The molecule has 1 aliphatic rings. The summed E-state index contributed by atoms with van der Waals surface area (Å²) in [6, 6.07) is 7.29. The minimum atomic E-state index is -0.571. The lowest BCUT2D eigenvalue weighted by Crippen LogP contribution is -2.22. The Hall–Kier alpha value is -1.42. The minimum Gasteiger partial charge on any atom is -0.387 e. The molecule has 0 aliphatic heterocycles. The fraction of sp³-hybridized carbons (Fsp3) is 0.368. The van der Waals surface area contributed by atoms with Gasteiger partial charge in [-0.2, -0.15) is 0 Å². The molecule has 0 amide bonds. The highest BCUT2D eigenvalue weighted by molar-refractivity contribution is 6.35. The van der Waals surface area contributed by atoms with Crippen LogP contribution >= 0.6 is 23.2 Å². The van der Waals surface area contributed by atoms with E-state index in [4.69, 9.17) is 23.2 Å². The fourth-order valence-corrected chi connectivity index (χ4v) is 4.12. The summed E-state index contributed by atoms with van der Waals surface area (Å²) < 4.78 is 0. The highest BCUT2D eigenvalue weighted by atomic mass is 35.5. The lowest BCUT2D eigenvalue weighted by atomic mass is 9.80. The molecule has 3 rings (SSSR count). The lowest BCUT2D eigenvalue weighted by molar-refractivity contribution is -0.121. The smallest absolute Gasteiger partial charge is 0.140 e. The molecule has 24 heavy (non-hydrogen) atoms. The molecule has 2 unspecified atom stereocenters. The standard InChI is InChI=1S/C19H19Cl2NO2/c1-11-9-12(20)10-16(21)13(11)4-6-17(23)14-5-7-18(24)19-15(14)3-2-8-22-19/h2-3,8-10,14,18,24H,4-7H2,1H3. The van der Waals surface area contributed by atoms with Gasteiger partial charge in [0.05, 0.1) is 11.8 Å². The summed E-state index contributed by atoms with van der Waals surface area (Å²) >= 11 is 12.3. The molecule has 2 atom stereocenters. The Balaban J connectivity index is 1.76. The Morgan fingerprint density at radius 1 is 1.33 bits per heavy atom. The molecule has 1 aromatic carbocycles. The minimum absolute atomic E-state index is 0.168. The number of Topliss-reactive ketones (excluding diaryl/α,β-unsaturated/α-hetero) is 1. The predicted octanol–water partition coefficient (Wildman–Crippen LogP) is 4.81.